The van der Waals surface area contributed by atoms with Crippen molar-refractivity contribution in [3.05, 3.63) is 131 Å². The van der Waals surface area contributed by atoms with Crippen LogP contribution in [0.15, 0.2) is 97.1 Å². The molecule has 0 aliphatic heterocycles. The summed E-state index contributed by atoms with van der Waals surface area (Å²) in [6.07, 6.45) is -0.0861. The Labute approximate surface area is 273 Å². The third-order valence-electron chi connectivity index (χ3n) is 6.81. The van der Waals surface area contributed by atoms with Crippen LogP contribution in [0.5, 0.6) is 11.5 Å². The molecule has 0 aromatic heterocycles. The molecule has 4 rings (SSSR count). The number of ether oxygens (including phenoxy) is 3. The molecule has 0 aliphatic carbocycles. The average molecular weight is 645 g/mol. The van der Waals surface area contributed by atoms with E-state index in [1.165, 1.54) is 36.4 Å². The quantitative estimate of drug-likeness (QED) is 0.149. The van der Waals surface area contributed by atoms with Crippen LogP contribution >= 0.6 is 0 Å². The highest BCUT2D eigenvalue weighted by molar-refractivity contribution is 5.98. The van der Waals surface area contributed by atoms with Gasteiger partial charge in [-0.3, -0.25) is 14.4 Å². The molecule has 10 heteroatoms. The van der Waals surface area contributed by atoms with Gasteiger partial charge in [-0.25, -0.2) is 8.78 Å². The normalized spacial score (nSPS) is 11.7. The molecule has 4 aromatic rings. The zero-order valence-electron chi connectivity index (χ0n) is 26.6. The number of rotatable bonds is 14. The zero-order chi connectivity index (χ0) is 33.8. The molecular formula is C37H38F2N2O6. The van der Waals surface area contributed by atoms with E-state index in [9.17, 15) is 23.2 Å². The van der Waals surface area contributed by atoms with Crippen LogP contribution in [0.2, 0.25) is 0 Å². The number of benzene rings is 4. The first-order valence-corrected chi connectivity index (χ1v) is 15.2. The molecule has 0 unspecified atom stereocenters. The van der Waals surface area contributed by atoms with Gasteiger partial charge in [0.05, 0.1) is 0 Å². The van der Waals surface area contributed by atoms with Crippen molar-refractivity contribution in [1.29, 1.82) is 0 Å². The summed E-state index contributed by atoms with van der Waals surface area (Å²) in [5, 5.41) is 5.57. The van der Waals surface area contributed by atoms with E-state index in [0.717, 1.165) is 5.56 Å². The SMILES string of the molecule is CC(C)(C)OC(=O)CC[C@H](NC(=O)c1ccc(OCc2ccc(F)cc2)c(OCc2ccc(F)cc2)c1)C(=O)NCc1ccccc1. The van der Waals surface area contributed by atoms with Crippen LogP contribution in [-0.2, 0) is 34.1 Å². The van der Waals surface area contributed by atoms with Crippen molar-refractivity contribution in [1.82, 2.24) is 10.6 Å². The van der Waals surface area contributed by atoms with Gasteiger partial charge in [0.15, 0.2) is 11.5 Å². The molecule has 0 heterocycles. The Bertz CT molecular complexity index is 1640. The van der Waals surface area contributed by atoms with Gasteiger partial charge in [-0.2, -0.15) is 0 Å². The average Bonchev–Trinajstić information content (AvgIpc) is 3.04. The molecule has 47 heavy (non-hydrogen) atoms. The number of halogens is 2. The lowest BCUT2D eigenvalue weighted by atomic mass is 10.1. The lowest BCUT2D eigenvalue weighted by molar-refractivity contribution is -0.155. The van der Waals surface area contributed by atoms with Crippen molar-refractivity contribution in [3.8, 4) is 11.5 Å². The van der Waals surface area contributed by atoms with Gasteiger partial charge in [-0.05, 0) is 86.3 Å². The highest BCUT2D eigenvalue weighted by Crippen LogP contribution is 2.30. The summed E-state index contributed by atoms with van der Waals surface area (Å²) in [4.78, 5) is 39.2. The highest BCUT2D eigenvalue weighted by Gasteiger charge is 2.25. The third-order valence-corrected chi connectivity index (χ3v) is 6.81. The number of carbonyl (C=O) groups is 3. The predicted molar refractivity (Wildman–Crippen MR) is 173 cm³/mol. The first-order valence-electron chi connectivity index (χ1n) is 15.2. The summed E-state index contributed by atoms with van der Waals surface area (Å²) < 4.78 is 44.1. The summed E-state index contributed by atoms with van der Waals surface area (Å²) in [5.41, 5.74) is 1.75. The van der Waals surface area contributed by atoms with Gasteiger partial charge in [0.25, 0.3) is 5.91 Å². The molecule has 0 bridgehead atoms. The molecule has 4 aromatic carbocycles. The standard InChI is InChI=1S/C37H38F2N2O6/c1-37(2,3)47-34(42)20-18-31(36(44)40-22-25-7-5-4-6-8-25)41-35(43)28-13-19-32(45-23-26-9-14-29(38)15-10-26)33(21-28)46-24-27-11-16-30(39)17-12-27/h4-17,19,21,31H,18,20,22-24H2,1-3H3,(H,40,44)(H,41,43)/t31-/m0/s1. The van der Waals surface area contributed by atoms with E-state index in [0.29, 0.717) is 16.9 Å². The summed E-state index contributed by atoms with van der Waals surface area (Å²) in [6.45, 7) is 5.64. The predicted octanol–water partition coefficient (Wildman–Crippen LogP) is 6.66. The largest absolute Gasteiger partial charge is 0.485 e. The maximum Gasteiger partial charge on any atom is 0.306 e. The fourth-order valence-corrected chi connectivity index (χ4v) is 4.44. The van der Waals surface area contributed by atoms with Crippen LogP contribution in [0.4, 0.5) is 8.78 Å². The minimum Gasteiger partial charge on any atom is -0.485 e. The number of nitrogens with one attached hydrogen (secondary N) is 2. The van der Waals surface area contributed by atoms with Crippen molar-refractivity contribution in [2.45, 2.75) is 65.0 Å². The van der Waals surface area contributed by atoms with Crippen molar-refractivity contribution < 1.29 is 37.4 Å². The van der Waals surface area contributed by atoms with Crippen LogP contribution in [-0.4, -0.2) is 29.4 Å². The van der Waals surface area contributed by atoms with E-state index in [1.807, 2.05) is 30.3 Å². The molecule has 2 N–H and O–H groups in total. The summed E-state index contributed by atoms with van der Waals surface area (Å²) >= 11 is 0. The van der Waals surface area contributed by atoms with Crippen molar-refractivity contribution in [2.75, 3.05) is 0 Å². The number of hydrogen-bond acceptors (Lipinski definition) is 6. The third kappa shape index (κ3) is 11.6. The molecule has 246 valence electrons. The van der Waals surface area contributed by atoms with Crippen LogP contribution in [0.25, 0.3) is 0 Å². The Morgan fingerprint density at radius 2 is 1.30 bits per heavy atom. The van der Waals surface area contributed by atoms with E-state index in [-0.39, 0.29) is 55.5 Å². The van der Waals surface area contributed by atoms with Crippen molar-refractivity contribution in [3.63, 3.8) is 0 Å². The van der Waals surface area contributed by atoms with Gasteiger partial charge >= 0.3 is 5.97 Å². The fourth-order valence-electron chi connectivity index (χ4n) is 4.44. The molecule has 0 aliphatic rings. The second kappa shape index (κ2) is 16.4. The van der Waals surface area contributed by atoms with Gasteiger partial charge in [0.1, 0.15) is 36.5 Å². The zero-order valence-corrected chi connectivity index (χ0v) is 26.6. The van der Waals surface area contributed by atoms with Crippen LogP contribution in [0, 0.1) is 11.6 Å². The fraction of sp³-hybridized carbons (Fsp3) is 0.270. The molecule has 8 nitrogen and oxygen atoms in total. The Balaban J connectivity index is 1.51. The Kier molecular flexibility index (Phi) is 12.0. The smallest absolute Gasteiger partial charge is 0.306 e. The summed E-state index contributed by atoms with van der Waals surface area (Å²) in [6, 6.07) is 24.4. The van der Waals surface area contributed by atoms with Crippen LogP contribution < -0.4 is 20.1 Å². The minimum atomic E-state index is -1.04. The monoisotopic (exact) mass is 644 g/mol. The molecule has 1 atom stereocenters. The summed E-state index contributed by atoms with van der Waals surface area (Å²) in [7, 11) is 0. The van der Waals surface area contributed by atoms with Gasteiger partial charge in [0, 0.05) is 18.5 Å². The minimum absolute atomic E-state index is 0.00800. The maximum absolute atomic E-state index is 13.5. The lowest BCUT2D eigenvalue weighted by Gasteiger charge is -2.22. The van der Waals surface area contributed by atoms with E-state index < -0.39 is 29.4 Å². The van der Waals surface area contributed by atoms with E-state index in [2.05, 4.69) is 10.6 Å². The van der Waals surface area contributed by atoms with Gasteiger partial charge in [-0.15, -0.1) is 0 Å². The van der Waals surface area contributed by atoms with Crippen molar-refractivity contribution >= 4 is 17.8 Å². The van der Waals surface area contributed by atoms with Crippen molar-refractivity contribution in [2.24, 2.45) is 0 Å². The van der Waals surface area contributed by atoms with E-state index >= 15 is 0 Å². The Hall–Kier alpha value is -5.25. The second-order valence-corrected chi connectivity index (χ2v) is 11.8. The van der Waals surface area contributed by atoms with Crippen LogP contribution in [0.3, 0.4) is 0 Å². The Morgan fingerprint density at radius 1 is 0.723 bits per heavy atom. The van der Waals surface area contributed by atoms with Crippen LogP contribution in [0.1, 0.15) is 60.7 Å². The Morgan fingerprint density at radius 3 is 1.87 bits per heavy atom. The number of hydrogen-bond donors (Lipinski definition) is 2. The molecule has 0 saturated heterocycles. The number of carbonyl (C=O) groups excluding carboxylic acids is 3. The van der Waals surface area contributed by atoms with Gasteiger partial charge in [0.2, 0.25) is 5.91 Å². The topological polar surface area (TPSA) is 103 Å². The molecular weight excluding hydrogens is 606 g/mol. The first kappa shape index (κ1) is 34.6. The number of esters is 1. The summed E-state index contributed by atoms with van der Waals surface area (Å²) in [5.74, 6) is -1.75. The molecule has 0 radical (unpaired) electrons. The lowest BCUT2D eigenvalue weighted by Crippen LogP contribution is -2.47. The first-order chi connectivity index (χ1) is 22.4. The molecule has 0 saturated carbocycles. The van der Waals surface area contributed by atoms with Gasteiger partial charge in [-0.1, -0.05) is 54.6 Å². The van der Waals surface area contributed by atoms with E-state index in [4.69, 9.17) is 14.2 Å². The maximum atomic E-state index is 13.5. The molecule has 2 amide bonds. The number of amides is 2. The second-order valence-electron chi connectivity index (χ2n) is 11.8. The van der Waals surface area contributed by atoms with Gasteiger partial charge < -0.3 is 24.8 Å². The van der Waals surface area contributed by atoms with E-state index in [1.54, 1.807) is 51.1 Å². The molecule has 0 fully saturated rings. The highest BCUT2D eigenvalue weighted by atomic mass is 19.1. The molecule has 0 spiro atoms.